The van der Waals surface area contributed by atoms with Gasteiger partial charge in [-0.25, -0.2) is 24.5 Å². The first-order valence-corrected chi connectivity index (χ1v) is 20.6. The highest BCUT2D eigenvalue weighted by molar-refractivity contribution is 5.96. The molecule has 6 rings (SSSR count). The molecule has 10 heteroatoms. The zero-order chi connectivity index (χ0) is 35.0. The Morgan fingerprint density at radius 2 is 1.44 bits per heavy atom. The predicted molar refractivity (Wildman–Crippen MR) is 196 cm³/mol. The Labute approximate surface area is 301 Å². The zero-order valence-electron chi connectivity index (χ0n) is 31.6. The molecule has 50 heavy (non-hydrogen) atoms. The van der Waals surface area contributed by atoms with Crippen LogP contribution in [0.2, 0.25) is 0 Å². The van der Waals surface area contributed by atoms with Crippen LogP contribution in [0.1, 0.15) is 156 Å². The third kappa shape index (κ3) is 8.42. The number of aliphatic imine (C=N–C) groups is 1. The molecule has 0 bridgehead atoms. The molecule has 0 aliphatic carbocycles. The van der Waals surface area contributed by atoms with Gasteiger partial charge >= 0.3 is 17.9 Å². The second-order valence-electron chi connectivity index (χ2n) is 15.9. The lowest BCUT2D eigenvalue weighted by Gasteiger charge is -2.42. The Hall–Kier alpha value is -2.88. The summed E-state index contributed by atoms with van der Waals surface area (Å²) in [6, 6.07) is 2.10. The van der Waals surface area contributed by atoms with E-state index in [-0.39, 0.29) is 24.0 Å². The van der Waals surface area contributed by atoms with E-state index >= 15 is 0 Å². The highest BCUT2D eigenvalue weighted by Crippen LogP contribution is 2.39. The molecule has 0 aromatic heterocycles. The van der Waals surface area contributed by atoms with Gasteiger partial charge in [0, 0.05) is 24.6 Å². The number of ether oxygens (including phenoxy) is 2. The smallest absolute Gasteiger partial charge is 0.446 e. The molecule has 0 aromatic carbocycles. The number of nitrogens with two attached hydrogens (primary N) is 1. The Morgan fingerprint density at radius 3 is 2.16 bits per heavy atom. The van der Waals surface area contributed by atoms with Gasteiger partial charge in [0.1, 0.15) is 29.4 Å². The van der Waals surface area contributed by atoms with Gasteiger partial charge in [0.2, 0.25) is 0 Å². The molecule has 0 amide bonds. The van der Waals surface area contributed by atoms with Crippen molar-refractivity contribution >= 4 is 23.9 Å². The second kappa shape index (κ2) is 17.6. The maximum absolute atomic E-state index is 13.4. The fraction of sp³-hybridized carbons (Fsp3) is 0.800. The van der Waals surface area contributed by atoms with Crippen molar-refractivity contribution in [2.45, 2.75) is 192 Å². The molecular formula is C40H66N6O4+2. The lowest BCUT2D eigenvalue weighted by atomic mass is 9.97. The highest BCUT2D eigenvalue weighted by Gasteiger charge is 2.51. The van der Waals surface area contributed by atoms with Crippen LogP contribution in [0.15, 0.2) is 27.5 Å². The number of nitrogens with zero attached hydrogens (tertiary/aromatic N) is 3. The highest BCUT2D eigenvalue weighted by atomic mass is 16.5. The van der Waals surface area contributed by atoms with Crippen LogP contribution in [0.3, 0.4) is 0 Å². The van der Waals surface area contributed by atoms with Crippen molar-refractivity contribution in [2.75, 3.05) is 13.2 Å². The average molecular weight is 695 g/mol. The van der Waals surface area contributed by atoms with E-state index in [2.05, 4.69) is 39.3 Å². The number of allylic oxidation sites excluding steroid dienone is 2. The largest absolute Gasteiger partial charge is 0.462 e. The van der Waals surface area contributed by atoms with Crippen LogP contribution in [0.25, 0.3) is 0 Å². The van der Waals surface area contributed by atoms with Crippen LogP contribution in [0, 0.1) is 0 Å². The topological polar surface area (TPSA) is 112 Å². The van der Waals surface area contributed by atoms with Crippen molar-refractivity contribution in [2.24, 2.45) is 4.99 Å². The van der Waals surface area contributed by atoms with Crippen LogP contribution in [-0.4, -0.2) is 82.8 Å². The van der Waals surface area contributed by atoms with Crippen molar-refractivity contribution in [1.82, 2.24) is 15.5 Å². The molecule has 0 radical (unpaired) electrons. The molecule has 278 valence electrons. The molecule has 0 unspecified atom stereocenters. The number of quaternary nitrogens is 1. The lowest BCUT2D eigenvalue weighted by molar-refractivity contribution is -0.710. The second-order valence-corrected chi connectivity index (χ2v) is 15.9. The third-order valence-electron chi connectivity index (χ3n) is 12.2. The standard InChI is InChI=1S/C40H64N6O4/c1-5-7-9-11-13-17-29-25-31-19-21-33-35(27(3)41-39(43-29)45(31)33)37(47)49-23-15-16-24-50-38(48)36-28(4)42-40-44-30(18-14-12-10-8-6-2)26-32-20-22-34(36)46(32)40/h29-34H,5-26H2,1-4H3,(H2,41,42,43,44,47,48)/p+2/t29-,30-,31+,32+,33-,34-/m0/s1. The predicted octanol–water partition coefficient (Wildman–Crippen LogP) is 5.52. The van der Waals surface area contributed by atoms with Crippen molar-refractivity contribution < 1.29 is 29.0 Å². The maximum atomic E-state index is 13.4. The fourth-order valence-electron chi connectivity index (χ4n) is 9.66. The minimum atomic E-state index is -0.233. The zero-order valence-corrected chi connectivity index (χ0v) is 31.6. The molecular weight excluding hydrogens is 628 g/mol. The average Bonchev–Trinajstić information content (AvgIpc) is 3.71. The Bertz CT molecular complexity index is 1350. The summed E-state index contributed by atoms with van der Waals surface area (Å²) in [4.78, 5) is 34.2. The minimum absolute atomic E-state index is 0.0476. The van der Waals surface area contributed by atoms with Crippen molar-refractivity contribution in [3.8, 4) is 0 Å². The summed E-state index contributed by atoms with van der Waals surface area (Å²) in [6.07, 6.45) is 23.3. The van der Waals surface area contributed by atoms with E-state index in [0.29, 0.717) is 50.2 Å². The van der Waals surface area contributed by atoms with Crippen molar-refractivity contribution in [3.63, 3.8) is 0 Å². The van der Waals surface area contributed by atoms with Gasteiger partial charge in [-0.05, 0) is 71.6 Å². The summed E-state index contributed by atoms with van der Waals surface area (Å²) in [5, 5.41) is 9.49. The van der Waals surface area contributed by atoms with Crippen LogP contribution < -0.4 is 16.0 Å². The first-order valence-electron chi connectivity index (χ1n) is 20.6. The summed E-state index contributed by atoms with van der Waals surface area (Å²) >= 11 is 0. The van der Waals surface area contributed by atoms with Gasteiger partial charge in [-0.2, -0.15) is 5.32 Å². The van der Waals surface area contributed by atoms with E-state index in [1.807, 2.05) is 13.8 Å². The molecule has 6 atom stereocenters. The van der Waals surface area contributed by atoms with Crippen LogP contribution >= 0.6 is 0 Å². The summed E-state index contributed by atoms with van der Waals surface area (Å²) < 4.78 is 14.1. The first-order chi connectivity index (χ1) is 24.4. The number of unbranched alkanes of at least 4 members (excludes halogenated alkanes) is 9. The van der Waals surface area contributed by atoms with Crippen molar-refractivity contribution in [1.29, 1.82) is 0 Å². The van der Waals surface area contributed by atoms with E-state index in [0.717, 1.165) is 67.0 Å². The van der Waals surface area contributed by atoms with Crippen molar-refractivity contribution in [3.05, 3.63) is 22.5 Å². The molecule has 4 N–H and O–H groups in total. The molecule has 2 saturated heterocycles. The molecule has 6 heterocycles. The van der Waals surface area contributed by atoms with Gasteiger partial charge in [-0.15, -0.1) is 0 Å². The number of guanidine groups is 2. The number of carbonyl (C=O) groups excluding carboxylic acids is 2. The monoisotopic (exact) mass is 695 g/mol. The number of hydrogen-bond acceptors (Lipinski definition) is 8. The van der Waals surface area contributed by atoms with Gasteiger partial charge in [-0.3, -0.25) is 0 Å². The Balaban J connectivity index is 0.923. The molecule has 0 spiro atoms. The van der Waals surface area contributed by atoms with E-state index in [9.17, 15) is 9.59 Å². The number of rotatable bonds is 19. The first kappa shape index (κ1) is 36.9. The lowest BCUT2D eigenvalue weighted by Crippen LogP contribution is -3.00. The van der Waals surface area contributed by atoms with Gasteiger partial charge in [0.05, 0.1) is 30.9 Å². The van der Waals surface area contributed by atoms with E-state index in [4.69, 9.17) is 14.5 Å². The SMILES string of the molecule is CCCCCCC[C@H]1C[C@H]2CC[C@H]3C(C(=O)OCCCCOC(=O)C4=C(C)NC5=[N+]6[C@H](CC[C@@H]46)C[C@H](CCCCCCC)[NH2+]5)=C(C)NC(=N1)N23. The Kier molecular flexibility index (Phi) is 13.0. The van der Waals surface area contributed by atoms with E-state index < -0.39 is 0 Å². The number of carbonyl (C=O) groups is 2. The molecule has 0 saturated carbocycles. The third-order valence-corrected chi connectivity index (χ3v) is 12.2. The maximum Gasteiger partial charge on any atom is 0.446 e. The summed E-state index contributed by atoms with van der Waals surface area (Å²) in [5.41, 5.74) is 3.34. The number of esters is 2. The van der Waals surface area contributed by atoms with Gasteiger partial charge in [0.25, 0.3) is 0 Å². The molecule has 10 nitrogen and oxygen atoms in total. The Morgan fingerprint density at radius 1 is 0.780 bits per heavy atom. The van der Waals surface area contributed by atoms with Gasteiger partial charge in [-0.1, -0.05) is 71.6 Å². The van der Waals surface area contributed by atoms with Crippen LogP contribution in [-0.2, 0) is 19.1 Å². The summed E-state index contributed by atoms with van der Waals surface area (Å²) in [6.45, 7) is 9.18. The van der Waals surface area contributed by atoms with Crippen LogP contribution in [0.4, 0.5) is 0 Å². The molecule has 6 aliphatic rings. The molecule has 0 aromatic rings. The quantitative estimate of drug-likeness (QED) is 0.0928. The minimum Gasteiger partial charge on any atom is -0.462 e. The number of hydrogen-bond donors (Lipinski definition) is 3. The van der Waals surface area contributed by atoms with Gasteiger partial charge < -0.3 is 19.7 Å². The summed E-state index contributed by atoms with van der Waals surface area (Å²) in [5.74, 6) is 1.71. The van der Waals surface area contributed by atoms with E-state index in [1.54, 1.807) is 0 Å². The van der Waals surface area contributed by atoms with Crippen LogP contribution in [0.5, 0.6) is 0 Å². The van der Waals surface area contributed by atoms with Gasteiger partial charge in [0.15, 0.2) is 5.96 Å². The number of nitrogens with one attached hydrogen (secondary N) is 2. The molecule has 2 fully saturated rings. The fourth-order valence-corrected chi connectivity index (χ4v) is 9.66. The van der Waals surface area contributed by atoms with E-state index in [1.165, 1.54) is 83.0 Å². The summed E-state index contributed by atoms with van der Waals surface area (Å²) in [7, 11) is 0. The molecule has 6 aliphatic heterocycles. The normalized spacial score (nSPS) is 28.2.